The predicted octanol–water partition coefficient (Wildman–Crippen LogP) is 1.85. The second kappa shape index (κ2) is 12.4. The van der Waals surface area contributed by atoms with Crippen LogP contribution in [0, 0.1) is 6.92 Å². The minimum atomic E-state index is -1.61. The summed E-state index contributed by atoms with van der Waals surface area (Å²) in [6, 6.07) is 12.0. The predicted molar refractivity (Wildman–Crippen MR) is 142 cm³/mol. The molecule has 0 spiro atoms. The number of aliphatic hydroxyl groups excluding tert-OH is 1. The van der Waals surface area contributed by atoms with E-state index in [1.54, 1.807) is 19.1 Å². The highest BCUT2D eigenvalue weighted by atomic mass is 32.2. The minimum absolute atomic E-state index is 0.0254. The summed E-state index contributed by atoms with van der Waals surface area (Å²) in [7, 11) is 1.53. The van der Waals surface area contributed by atoms with Crippen molar-refractivity contribution >= 4 is 29.5 Å². The van der Waals surface area contributed by atoms with Gasteiger partial charge in [0.15, 0.2) is 6.10 Å². The number of hydrogen-bond acceptors (Lipinski definition) is 7. The molecule has 0 saturated carbocycles. The number of carbonyl (C=O) groups is 3. The molecule has 0 bridgehead atoms. The molecule has 3 rings (SSSR count). The zero-order valence-corrected chi connectivity index (χ0v) is 22.4. The van der Waals surface area contributed by atoms with Crippen LogP contribution in [0.4, 0.5) is 0 Å². The Kier molecular flexibility index (Phi) is 9.58. The van der Waals surface area contributed by atoms with E-state index in [0.29, 0.717) is 18.7 Å². The minimum Gasteiger partial charge on any atom is -0.508 e. The molecule has 1 aliphatic rings. The molecular formula is C27H35N3O6S. The van der Waals surface area contributed by atoms with E-state index >= 15 is 0 Å². The quantitative estimate of drug-likeness (QED) is 0.346. The number of phenols is 1. The van der Waals surface area contributed by atoms with Crippen LogP contribution in [0.2, 0.25) is 0 Å². The lowest BCUT2D eigenvalue weighted by Gasteiger charge is -2.33. The number of aromatic hydroxyl groups is 1. The number of amides is 3. The van der Waals surface area contributed by atoms with E-state index in [2.05, 4.69) is 10.6 Å². The van der Waals surface area contributed by atoms with Crippen LogP contribution in [-0.2, 0) is 20.7 Å². The molecule has 1 heterocycles. The monoisotopic (exact) mass is 529 g/mol. The first-order valence-electron chi connectivity index (χ1n) is 12.1. The Labute approximate surface area is 221 Å². The number of methoxy groups -OCH3 is 1. The van der Waals surface area contributed by atoms with Gasteiger partial charge in [-0.1, -0.05) is 36.4 Å². The number of phenolic OH excluding ortho intramolecular Hbond substituents is 1. The van der Waals surface area contributed by atoms with E-state index < -0.39 is 34.7 Å². The van der Waals surface area contributed by atoms with Crippen molar-refractivity contribution in [3.05, 3.63) is 65.2 Å². The molecule has 3 amide bonds. The van der Waals surface area contributed by atoms with E-state index in [-0.39, 0.29) is 29.5 Å². The summed E-state index contributed by atoms with van der Waals surface area (Å²) in [5.41, 5.74) is 1.45. The molecule has 0 aromatic heterocycles. The topological polar surface area (TPSA) is 128 Å². The number of aliphatic hydroxyl groups is 1. The summed E-state index contributed by atoms with van der Waals surface area (Å²) in [6.45, 7) is 6.02. The summed E-state index contributed by atoms with van der Waals surface area (Å²) < 4.78 is 4.42. The van der Waals surface area contributed by atoms with Crippen LogP contribution < -0.4 is 10.6 Å². The molecule has 1 fully saturated rings. The molecule has 0 aliphatic carbocycles. The van der Waals surface area contributed by atoms with Crippen molar-refractivity contribution in [1.29, 1.82) is 0 Å². The van der Waals surface area contributed by atoms with E-state index in [4.69, 9.17) is 4.74 Å². The van der Waals surface area contributed by atoms with Crippen molar-refractivity contribution in [2.24, 2.45) is 0 Å². The van der Waals surface area contributed by atoms with Crippen LogP contribution in [0.1, 0.15) is 35.3 Å². The van der Waals surface area contributed by atoms with E-state index in [9.17, 15) is 24.6 Å². The summed E-state index contributed by atoms with van der Waals surface area (Å²) >= 11 is 1.45. The molecule has 2 aromatic rings. The Bertz CT molecular complexity index is 1110. The molecule has 2 aromatic carbocycles. The van der Waals surface area contributed by atoms with Crippen molar-refractivity contribution in [2.75, 3.05) is 26.1 Å². The maximum atomic E-state index is 13.6. The van der Waals surface area contributed by atoms with Crippen molar-refractivity contribution in [3.8, 4) is 5.75 Å². The molecule has 9 nitrogen and oxygen atoms in total. The van der Waals surface area contributed by atoms with Gasteiger partial charge in [0.2, 0.25) is 5.91 Å². The van der Waals surface area contributed by atoms with Crippen LogP contribution >= 0.6 is 11.8 Å². The third-order valence-electron chi connectivity index (χ3n) is 6.48. The Hall–Kier alpha value is -3.08. The molecule has 1 saturated heterocycles. The molecule has 0 radical (unpaired) electrons. The fourth-order valence-corrected chi connectivity index (χ4v) is 5.49. The molecule has 4 N–H and O–H groups in total. The number of thioether (sulfide) groups is 1. The summed E-state index contributed by atoms with van der Waals surface area (Å²) in [5, 5.41) is 26.9. The van der Waals surface area contributed by atoms with Crippen molar-refractivity contribution < 1.29 is 29.3 Å². The van der Waals surface area contributed by atoms with Gasteiger partial charge in [-0.2, -0.15) is 0 Å². The third-order valence-corrected chi connectivity index (χ3v) is 7.86. The van der Waals surface area contributed by atoms with Gasteiger partial charge in [0.25, 0.3) is 11.8 Å². The summed E-state index contributed by atoms with van der Waals surface area (Å²) in [6.07, 6.45) is -1.42. The fourth-order valence-electron chi connectivity index (χ4n) is 4.35. The lowest BCUT2D eigenvalue weighted by molar-refractivity contribution is -0.147. The number of ether oxygens (including phenoxy) is 1. The van der Waals surface area contributed by atoms with Gasteiger partial charge in [0.05, 0.1) is 18.5 Å². The largest absolute Gasteiger partial charge is 0.508 e. The molecule has 10 heteroatoms. The van der Waals surface area contributed by atoms with Gasteiger partial charge in [0.1, 0.15) is 11.8 Å². The zero-order valence-electron chi connectivity index (χ0n) is 21.6. The van der Waals surface area contributed by atoms with Crippen LogP contribution in [0.25, 0.3) is 0 Å². The highest BCUT2D eigenvalue weighted by molar-refractivity contribution is 8.00. The van der Waals surface area contributed by atoms with Gasteiger partial charge in [-0.25, -0.2) is 0 Å². The number of nitrogens with one attached hydrogen (secondary N) is 2. The highest BCUT2D eigenvalue weighted by Crippen LogP contribution is 2.39. The SMILES string of the molecule is COCCNC(=O)C1N(C(=O)[C@@H](O)[C@H](Cc2ccccc2)NC(=O)c2cccc(O)c2C)CSC1(C)C. The maximum Gasteiger partial charge on any atom is 0.254 e. The molecule has 200 valence electrons. The lowest BCUT2D eigenvalue weighted by Crippen LogP contribution is -2.59. The average Bonchev–Trinajstić information content (AvgIpc) is 3.19. The Balaban J connectivity index is 1.86. The summed E-state index contributed by atoms with van der Waals surface area (Å²) in [4.78, 5) is 41.2. The van der Waals surface area contributed by atoms with E-state index in [1.807, 2.05) is 44.2 Å². The van der Waals surface area contributed by atoms with Gasteiger partial charge >= 0.3 is 0 Å². The Morgan fingerprint density at radius 3 is 2.54 bits per heavy atom. The van der Waals surface area contributed by atoms with Crippen LogP contribution in [-0.4, -0.2) is 81.9 Å². The summed E-state index contributed by atoms with van der Waals surface area (Å²) in [5.74, 6) is -1.29. The number of rotatable bonds is 10. The van der Waals surface area contributed by atoms with Crippen LogP contribution in [0.5, 0.6) is 5.75 Å². The van der Waals surface area contributed by atoms with Gasteiger partial charge < -0.3 is 30.5 Å². The zero-order chi connectivity index (χ0) is 27.2. The molecule has 3 atom stereocenters. The highest BCUT2D eigenvalue weighted by Gasteiger charge is 2.49. The number of hydrogen-bond donors (Lipinski definition) is 4. The standard InChI is InChI=1S/C27H35N3O6S/c1-17-19(11-8-12-21(17)31)24(33)29-20(15-18-9-6-5-7-10-18)22(32)26(35)30-16-37-27(2,3)23(30)25(34)28-13-14-36-4/h5-12,20,22-23,31-32H,13-16H2,1-4H3,(H,28,34)(H,29,33)/t20-,22-,23?/m0/s1. The van der Waals surface area contributed by atoms with Gasteiger partial charge in [-0.3, -0.25) is 14.4 Å². The van der Waals surface area contributed by atoms with Gasteiger partial charge in [0, 0.05) is 29.5 Å². The number of nitrogens with zero attached hydrogens (tertiary/aromatic N) is 1. The van der Waals surface area contributed by atoms with E-state index in [1.165, 1.54) is 29.8 Å². The van der Waals surface area contributed by atoms with Gasteiger partial charge in [-0.15, -0.1) is 11.8 Å². The number of benzene rings is 2. The second-order valence-electron chi connectivity index (χ2n) is 9.54. The lowest BCUT2D eigenvalue weighted by atomic mass is 9.96. The Morgan fingerprint density at radius 2 is 1.86 bits per heavy atom. The smallest absolute Gasteiger partial charge is 0.254 e. The van der Waals surface area contributed by atoms with E-state index in [0.717, 1.165) is 5.56 Å². The normalized spacial score (nSPS) is 18.2. The molecule has 1 aliphatic heterocycles. The van der Waals surface area contributed by atoms with Crippen molar-refractivity contribution in [2.45, 2.75) is 50.1 Å². The number of carbonyl (C=O) groups excluding carboxylic acids is 3. The first-order chi connectivity index (χ1) is 17.6. The average molecular weight is 530 g/mol. The fraction of sp³-hybridized carbons (Fsp3) is 0.444. The molecular weight excluding hydrogens is 494 g/mol. The first kappa shape index (κ1) is 28.5. The van der Waals surface area contributed by atoms with Gasteiger partial charge in [-0.05, 0) is 44.9 Å². The van der Waals surface area contributed by atoms with Crippen molar-refractivity contribution in [1.82, 2.24) is 15.5 Å². The first-order valence-corrected chi connectivity index (χ1v) is 13.1. The Morgan fingerprint density at radius 1 is 1.16 bits per heavy atom. The molecule has 37 heavy (non-hydrogen) atoms. The van der Waals surface area contributed by atoms with Crippen molar-refractivity contribution in [3.63, 3.8) is 0 Å². The molecule has 1 unspecified atom stereocenters. The second-order valence-corrected chi connectivity index (χ2v) is 11.1. The van der Waals surface area contributed by atoms with Crippen LogP contribution in [0.3, 0.4) is 0 Å². The van der Waals surface area contributed by atoms with Crippen LogP contribution in [0.15, 0.2) is 48.5 Å². The maximum absolute atomic E-state index is 13.6. The third kappa shape index (κ3) is 6.82.